The lowest BCUT2D eigenvalue weighted by molar-refractivity contribution is -0.384. The SMILES string of the molecule is O=C(CN1C(=O)N/C(=C\c2cccc([N+](=O)[O-])c2)C1=O)Nc1ccccc1. The molecule has 1 aliphatic rings. The lowest BCUT2D eigenvalue weighted by atomic mass is 10.1. The van der Waals surface area contributed by atoms with E-state index in [0.29, 0.717) is 11.3 Å². The molecule has 27 heavy (non-hydrogen) atoms. The minimum atomic E-state index is -0.736. The van der Waals surface area contributed by atoms with Crippen LogP contribution < -0.4 is 10.6 Å². The quantitative estimate of drug-likeness (QED) is 0.363. The van der Waals surface area contributed by atoms with Crippen LogP contribution in [0.2, 0.25) is 0 Å². The molecule has 0 bridgehead atoms. The number of imide groups is 1. The molecule has 1 aliphatic heterocycles. The Kier molecular flexibility index (Phi) is 4.93. The van der Waals surface area contributed by atoms with Crippen molar-refractivity contribution in [2.75, 3.05) is 11.9 Å². The van der Waals surface area contributed by atoms with E-state index < -0.39 is 29.3 Å². The molecular weight excluding hydrogens is 352 g/mol. The van der Waals surface area contributed by atoms with Crippen LogP contribution in [0.4, 0.5) is 16.2 Å². The normalized spacial score (nSPS) is 15.0. The van der Waals surface area contributed by atoms with E-state index in [1.807, 2.05) is 0 Å². The second-order valence-corrected chi connectivity index (χ2v) is 5.65. The summed E-state index contributed by atoms with van der Waals surface area (Å²) >= 11 is 0. The predicted molar refractivity (Wildman–Crippen MR) is 96.4 cm³/mol. The van der Waals surface area contributed by atoms with Gasteiger partial charge in [-0.05, 0) is 23.8 Å². The molecule has 9 nitrogen and oxygen atoms in total. The molecule has 136 valence electrons. The maximum absolute atomic E-state index is 12.4. The standard InChI is InChI=1S/C18H14N4O5/c23-16(19-13-6-2-1-3-7-13)11-21-17(24)15(20-18(21)25)10-12-5-4-8-14(9-12)22(26)27/h1-10H,11H2,(H,19,23)(H,20,25)/b15-10-. The molecule has 2 N–H and O–H groups in total. The van der Waals surface area contributed by atoms with Gasteiger partial charge >= 0.3 is 6.03 Å². The Morgan fingerprint density at radius 3 is 2.59 bits per heavy atom. The maximum atomic E-state index is 12.4. The average Bonchev–Trinajstić information content (AvgIpc) is 2.90. The molecule has 0 spiro atoms. The smallest absolute Gasteiger partial charge is 0.325 e. The largest absolute Gasteiger partial charge is 0.329 e. The maximum Gasteiger partial charge on any atom is 0.329 e. The van der Waals surface area contributed by atoms with Gasteiger partial charge in [0.2, 0.25) is 5.91 Å². The minimum absolute atomic E-state index is 0.0620. The summed E-state index contributed by atoms with van der Waals surface area (Å²) in [4.78, 5) is 47.5. The Morgan fingerprint density at radius 1 is 1.15 bits per heavy atom. The van der Waals surface area contributed by atoms with Crippen LogP contribution in [0.3, 0.4) is 0 Å². The summed E-state index contributed by atoms with van der Waals surface area (Å²) in [6, 6.07) is 13.5. The van der Waals surface area contributed by atoms with Crippen LogP contribution in [0, 0.1) is 10.1 Å². The van der Waals surface area contributed by atoms with Gasteiger partial charge in [0.1, 0.15) is 12.2 Å². The molecule has 0 unspecified atom stereocenters. The molecule has 0 aliphatic carbocycles. The van der Waals surface area contributed by atoms with Crippen LogP contribution in [0.5, 0.6) is 0 Å². The molecule has 2 aromatic rings. The monoisotopic (exact) mass is 366 g/mol. The summed E-state index contributed by atoms with van der Waals surface area (Å²) in [5.74, 6) is -1.21. The zero-order valence-electron chi connectivity index (χ0n) is 13.9. The summed E-state index contributed by atoms with van der Waals surface area (Å²) in [6.45, 7) is -0.453. The van der Waals surface area contributed by atoms with Crippen molar-refractivity contribution in [1.82, 2.24) is 10.2 Å². The Bertz CT molecular complexity index is 955. The number of nitro benzene ring substituents is 1. The van der Waals surface area contributed by atoms with Crippen LogP contribution >= 0.6 is 0 Å². The van der Waals surface area contributed by atoms with Crippen molar-refractivity contribution in [3.8, 4) is 0 Å². The van der Waals surface area contributed by atoms with Gasteiger partial charge in [-0.1, -0.05) is 30.3 Å². The van der Waals surface area contributed by atoms with Gasteiger partial charge in [-0.15, -0.1) is 0 Å². The van der Waals surface area contributed by atoms with E-state index in [9.17, 15) is 24.5 Å². The lowest BCUT2D eigenvalue weighted by Crippen LogP contribution is -2.38. The first kappa shape index (κ1) is 17.8. The molecule has 0 saturated carbocycles. The number of non-ortho nitro benzene ring substituents is 1. The number of amides is 4. The zero-order chi connectivity index (χ0) is 19.4. The number of nitrogens with one attached hydrogen (secondary N) is 2. The van der Waals surface area contributed by atoms with Crippen LogP contribution in [-0.4, -0.2) is 34.2 Å². The van der Waals surface area contributed by atoms with Crippen molar-refractivity contribution in [1.29, 1.82) is 0 Å². The number of benzene rings is 2. The van der Waals surface area contributed by atoms with Crippen molar-refractivity contribution in [2.45, 2.75) is 0 Å². The molecule has 9 heteroatoms. The molecule has 4 amide bonds. The highest BCUT2D eigenvalue weighted by Crippen LogP contribution is 2.18. The fourth-order valence-corrected chi connectivity index (χ4v) is 2.48. The number of urea groups is 1. The summed E-state index contributed by atoms with van der Waals surface area (Å²) in [7, 11) is 0. The number of carbonyl (C=O) groups is 3. The highest BCUT2D eigenvalue weighted by molar-refractivity contribution is 6.15. The third-order valence-electron chi connectivity index (χ3n) is 3.71. The summed E-state index contributed by atoms with van der Waals surface area (Å²) in [6.07, 6.45) is 1.32. The van der Waals surface area contributed by atoms with Crippen molar-refractivity contribution >= 4 is 35.3 Å². The number of carbonyl (C=O) groups excluding carboxylic acids is 3. The molecular formula is C18H14N4O5. The number of nitrogens with zero attached hydrogens (tertiary/aromatic N) is 2. The highest BCUT2D eigenvalue weighted by atomic mass is 16.6. The number of hydrogen-bond donors (Lipinski definition) is 2. The van der Waals surface area contributed by atoms with Gasteiger partial charge in [0.05, 0.1) is 4.92 Å². The van der Waals surface area contributed by atoms with Crippen molar-refractivity contribution < 1.29 is 19.3 Å². The van der Waals surface area contributed by atoms with Gasteiger partial charge in [-0.25, -0.2) is 9.69 Å². The van der Waals surface area contributed by atoms with Crippen LogP contribution in [0.1, 0.15) is 5.56 Å². The third kappa shape index (κ3) is 4.15. The Hall–Kier alpha value is -4.01. The van der Waals surface area contributed by atoms with E-state index in [1.54, 1.807) is 36.4 Å². The van der Waals surface area contributed by atoms with E-state index in [-0.39, 0.29) is 11.4 Å². The highest BCUT2D eigenvalue weighted by Gasteiger charge is 2.34. The third-order valence-corrected chi connectivity index (χ3v) is 3.71. The van der Waals surface area contributed by atoms with Gasteiger partial charge in [0, 0.05) is 17.8 Å². The van der Waals surface area contributed by atoms with Crippen LogP contribution in [-0.2, 0) is 9.59 Å². The Balaban J connectivity index is 1.72. The molecule has 0 aromatic heterocycles. The lowest BCUT2D eigenvalue weighted by Gasteiger charge is -2.11. The van der Waals surface area contributed by atoms with E-state index in [4.69, 9.17) is 0 Å². The Morgan fingerprint density at radius 2 is 1.89 bits per heavy atom. The van der Waals surface area contributed by atoms with Gasteiger partial charge in [-0.3, -0.25) is 19.7 Å². The summed E-state index contributed by atoms with van der Waals surface area (Å²) in [5, 5.41) is 15.8. The van der Waals surface area contributed by atoms with Crippen molar-refractivity contribution in [3.63, 3.8) is 0 Å². The topological polar surface area (TPSA) is 122 Å². The number of hydrogen-bond acceptors (Lipinski definition) is 5. The first-order chi connectivity index (χ1) is 12.9. The molecule has 0 radical (unpaired) electrons. The predicted octanol–water partition coefficient (Wildman–Crippen LogP) is 2.13. The molecule has 2 aromatic carbocycles. The van der Waals surface area contributed by atoms with Crippen molar-refractivity contribution in [3.05, 3.63) is 76.0 Å². The van der Waals surface area contributed by atoms with Gasteiger partial charge < -0.3 is 10.6 Å². The average molecular weight is 366 g/mol. The molecule has 0 atom stereocenters. The fourth-order valence-electron chi connectivity index (χ4n) is 2.48. The van der Waals surface area contributed by atoms with Crippen molar-refractivity contribution in [2.24, 2.45) is 0 Å². The number of para-hydroxylation sites is 1. The fraction of sp³-hybridized carbons (Fsp3) is 0.0556. The number of nitro groups is 1. The Labute approximate surface area is 153 Å². The molecule has 1 saturated heterocycles. The van der Waals surface area contributed by atoms with Crippen LogP contribution in [0.15, 0.2) is 60.3 Å². The van der Waals surface area contributed by atoms with Gasteiger partial charge in [0.25, 0.3) is 11.6 Å². The van der Waals surface area contributed by atoms with Crippen LogP contribution in [0.25, 0.3) is 6.08 Å². The van der Waals surface area contributed by atoms with E-state index in [1.165, 1.54) is 24.3 Å². The first-order valence-electron chi connectivity index (χ1n) is 7.88. The first-order valence-corrected chi connectivity index (χ1v) is 7.88. The van der Waals surface area contributed by atoms with Gasteiger partial charge in [-0.2, -0.15) is 0 Å². The van der Waals surface area contributed by atoms with Gasteiger partial charge in [0.15, 0.2) is 0 Å². The molecule has 3 rings (SSSR count). The number of rotatable bonds is 5. The summed E-state index contributed by atoms with van der Waals surface area (Å²) < 4.78 is 0. The second-order valence-electron chi connectivity index (χ2n) is 5.65. The van der Waals surface area contributed by atoms with E-state index in [2.05, 4.69) is 10.6 Å². The molecule has 1 heterocycles. The molecule has 1 fully saturated rings. The van der Waals surface area contributed by atoms with E-state index >= 15 is 0 Å². The minimum Gasteiger partial charge on any atom is -0.325 e. The van der Waals surface area contributed by atoms with E-state index in [0.717, 1.165) is 4.90 Å². The number of anilines is 1. The second kappa shape index (κ2) is 7.48. The summed E-state index contributed by atoms with van der Waals surface area (Å²) in [5.41, 5.74) is 0.721. The zero-order valence-corrected chi connectivity index (χ0v) is 13.9.